The molecule has 114 valence electrons. The maximum atomic E-state index is 12.0. The summed E-state index contributed by atoms with van der Waals surface area (Å²) in [4.78, 5) is 24.7. The Morgan fingerprint density at radius 3 is 2.55 bits per heavy atom. The average Bonchev–Trinajstić information content (AvgIpc) is 2.48. The van der Waals surface area contributed by atoms with Crippen molar-refractivity contribution in [2.45, 2.75) is 51.4 Å². The fourth-order valence-electron chi connectivity index (χ4n) is 3.33. The van der Waals surface area contributed by atoms with Crippen LogP contribution in [-0.2, 0) is 4.79 Å². The van der Waals surface area contributed by atoms with Gasteiger partial charge in [0.1, 0.15) is 0 Å². The molecule has 5 heteroatoms. The van der Waals surface area contributed by atoms with Crippen LogP contribution in [0.5, 0.6) is 0 Å². The Balaban J connectivity index is 1.67. The lowest BCUT2D eigenvalue weighted by molar-refractivity contribution is -0.143. The third-order valence-corrected chi connectivity index (χ3v) is 4.61. The summed E-state index contributed by atoms with van der Waals surface area (Å²) < 4.78 is 0. The van der Waals surface area contributed by atoms with Crippen LogP contribution in [0.3, 0.4) is 0 Å². The van der Waals surface area contributed by atoms with Gasteiger partial charge in [-0.15, -0.1) is 0 Å². The van der Waals surface area contributed by atoms with E-state index in [1.807, 2.05) is 0 Å². The maximum Gasteiger partial charge on any atom is 0.317 e. The van der Waals surface area contributed by atoms with Gasteiger partial charge in [-0.3, -0.25) is 4.79 Å². The van der Waals surface area contributed by atoms with Crippen LogP contribution < -0.4 is 5.32 Å². The van der Waals surface area contributed by atoms with Crippen molar-refractivity contribution in [3.05, 3.63) is 0 Å². The van der Waals surface area contributed by atoms with Gasteiger partial charge in [0.15, 0.2) is 0 Å². The van der Waals surface area contributed by atoms with Gasteiger partial charge in [-0.25, -0.2) is 4.79 Å². The molecule has 0 spiro atoms. The summed E-state index contributed by atoms with van der Waals surface area (Å²) >= 11 is 0. The summed E-state index contributed by atoms with van der Waals surface area (Å²) in [6, 6.07) is -0.0910. The van der Waals surface area contributed by atoms with Crippen molar-refractivity contribution in [3.8, 4) is 0 Å². The predicted molar refractivity (Wildman–Crippen MR) is 76.5 cm³/mol. The van der Waals surface area contributed by atoms with Gasteiger partial charge in [0.05, 0.1) is 5.92 Å². The molecule has 0 aromatic rings. The number of hydrogen-bond donors (Lipinski definition) is 2. The second kappa shape index (κ2) is 7.50. The summed E-state index contributed by atoms with van der Waals surface area (Å²) in [7, 11) is 0. The molecule has 1 aliphatic carbocycles. The van der Waals surface area contributed by atoms with Crippen LogP contribution >= 0.6 is 0 Å². The van der Waals surface area contributed by atoms with Crippen LogP contribution in [0, 0.1) is 11.8 Å². The third-order valence-electron chi connectivity index (χ3n) is 4.61. The van der Waals surface area contributed by atoms with E-state index in [0.717, 1.165) is 25.3 Å². The molecule has 2 fully saturated rings. The predicted octanol–water partition coefficient (Wildman–Crippen LogP) is 2.46. The number of amides is 2. The molecule has 1 saturated carbocycles. The smallest absolute Gasteiger partial charge is 0.317 e. The van der Waals surface area contributed by atoms with Gasteiger partial charge in [0, 0.05) is 19.6 Å². The number of aliphatic carboxylic acids is 1. The van der Waals surface area contributed by atoms with Gasteiger partial charge in [0.25, 0.3) is 0 Å². The molecule has 0 radical (unpaired) electrons. The van der Waals surface area contributed by atoms with Crippen molar-refractivity contribution in [1.29, 1.82) is 0 Å². The highest BCUT2D eigenvalue weighted by molar-refractivity contribution is 5.76. The summed E-state index contributed by atoms with van der Waals surface area (Å²) in [5.74, 6) is -0.422. The van der Waals surface area contributed by atoms with Crippen LogP contribution in [0.2, 0.25) is 0 Å². The van der Waals surface area contributed by atoms with Crippen LogP contribution in [0.15, 0.2) is 0 Å². The van der Waals surface area contributed by atoms with Crippen molar-refractivity contribution in [2.24, 2.45) is 11.8 Å². The monoisotopic (exact) mass is 282 g/mol. The van der Waals surface area contributed by atoms with Gasteiger partial charge in [0.2, 0.25) is 0 Å². The van der Waals surface area contributed by atoms with E-state index in [1.54, 1.807) is 4.90 Å². The number of carbonyl (C=O) groups excluding carboxylic acids is 1. The Morgan fingerprint density at radius 2 is 1.85 bits per heavy atom. The molecule has 1 atom stereocenters. The van der Waals surface area contributed by atoms with E-state index in [9.17, 15) is 9.59 Å². The van der Waals surface area contributed by atoms with E-state index < -0.39 is 11.9 Å². The average molecular weight is 282 g/mol. The van der Waals surface area contributed by atoms with Crippen molar-refractivity contribution in [2.75, 3.05) is 19.6 Å². The lowest BCUT2D eigenvalue weighted by atomic mass is 9.87. The molecule has 0 unspecified atom stereocenters. The third kappa shape index (κ3) is 4.39. The fraction of sp³-hybridized carbons (Fsp3) is 0.867. The first kappa shape index (κ1) is 15.1. The Hall–Kier alpha value is -1.26. The van der Waals surface area contributed by atoms with Gasteiger partial charge in [-0.05, 0) is 25.2 Å². The number of urea groups is 1. The van der Waals surface area contributed by atoms with E-state index in [4.69, 9.17) is 5.11 Å². The summed E-state index contributed by atoms with van der Waals surface area (Å²) in [5.41, 5.74) is 0. The molecule has 2 aliphatic rings. The number of piperidine rings is 1. The first-order chi connectivity index (χ1) is 9.66. The summed E-state index contributed by atoms with van der Waals surface area (Å²) in [5, 5.41) is 12.0. The lowest BCUT2D eigenvalue weighted by Crippen LogP contribution is -2.47. The van der Waals surface area contributed by atoms with E-state index in [-0.39, 0.29) is 6.03 Å². The molecular weight excluding hydrogens is 256 g/mol. The standard InChI is InChI=1S/C15H26N2O3/c18-14(19)13-7-4-10-17(11-13)15(20)16-9-8-12-5-2-1-3-6-12/h12-13H,1-11H2,(H,16,20)(H,18,19)/t13-/m0/s1. The number of carbonyl (C=O) groups is 2. The number of hydrogen-bond acceptors (Lipinski definition) is 2. The highest BCUT2D eigenvalue weighted by atomic mass is 16.4. The van der Waals surface area contributed by atoms with Crippen LogP contribution in [-0.4, -0.2) is 41.6 Å². The Morgan fingerprint density at radius 1 is 1.10 bits per heavy atom. The van der Waals surface area contributed by atoms with Crippen LogP contribution in [0.25, 0.3) is 0 Å². The first-order valence-electron chi connectivity index (χ1n) is 7.92. The molecule has 20 heavy (non-hydrogen) atoms. The first-order valence-corrected chi connectivity index (χ1v) is 7.92. The van der Waals surface area contributed by atoms with Crippen LogP contribution in [0.4, 0.5) is 4.79 Å². The quantitative estimate of drug-likeness (QED) is 0.832. The van der Waals surface area contributed by atoms with E-state index >= 15 is 0 Å². The number of nitrogens with zero attached hydrogens (tertiary/aromatic N) is 1. The minimum Gasteiger partial charge on any atom is -0.481 e. The minimum atomic E-state index is -0.787. The molecule has 2 N–H and O–H groups in total. The molecule has 0 bridgehead atoms. The SMILES string of the molecule is O=C(O)[C@H]1CCCN(C(=O)NCCC2CCCCC2)C1. The molecule has 1 heterocycles. The van der Waals surface area contributed by atoms with Gasteiger partial charge in [-0.1, -0.05) is 32.1 Å². The molecule has 2 amide bonds. The van der Waals surface area contributed by atoms with E-state index in [1.165, 1.54) is 32.1 Å². The van der Waals surface area contributed by atoms with E-state index in [0.29, 0.717) is 19.5 Å². The lowest BCUT2D eigenvalue weighted by Gasteiger charge is -2.31. The Kier molecular flexibility index (Phi) is 5.68. The molecule has 0 aromatic heterocycles. The zero-order valence-corrected chi connectivity index (χ0v) is 12.1. The number of nitrogens with one attached hydrogen (secondary N) is 1. The zero-order chi connectivity index (χ0) is 14.4. The van der Waals surface area contributed by atoms with Crippen molar-refractivity contribution < 1.29 is 14.7 Å². The van der Waals surface area contributed by atoms with E-state index in [2.05, 4.69) is 5.32 Å². The van der Waals surface area contributed by atoms with Gasteiger partial charge >= 0.3 is 12.0 Å². The van der Waals surface area contributed by atoms with Gasteiger partial charge in [-0.2, -0.15) is 0 Å². The molecular formula is C15H26N2O3. The maximum absolute atomic E-state index is 12.0. The fourth-order valence-corrected chi connectivity index (χ4v) is 3.33. The number of likely N-dealkylation sites (tertiary alicyclic amines) is 1. The van der Waals surface area contributed by atoms with Gasteiger partial charge < -0.3 is 15.3 Å². The highest BCUT2D eigenvalue weighted by Gasteiger charge is 2.28. The topological polar surface area (TPSA) is 69.6 Å². The Labute approximate surface area is 120 Å². The van der Waals surface area contributed by atoms with Crippen LogP contribution in [0.1, 0.15) is 51.4 Å². The summed E-state index contributed by atoms with van der Waals surface area (Å²) in [6.45, 7) is 1.75. The second-order valence-corrected chi connectivity index (χ2v) is 6.15. The normalized spacial score (nSPS) is 24.4. The zero-order valence-electron chi connectivity index (χ0n) is 12.1. The van der Waals surface area contributed by atoms with Crippen molar-refractivity contribution >= 4 is 12.0 Å². The largest absolute Gasteiger partial charge is 0.481 e. The molecule has 5 nitrogen and oxygen atoms in total. The summed E-state index contributed by atoms with van der Waals surface area (Å²) in [6.07, 6.45) is 9.11. The minimum absolute atomic E-state index is 0.0910. The molecule has 1 saturated heterocycles. The number of carboxylic acids is 1. The second-order valence-electron chi connectivity index (χ2n) is 6.15. The number of rotatable bonds is 4. The molecule has 1 aliphatic heterocycles. The van der Waals surface area contributed by atoms with Crippen molar-refractivity contribution in [3.63, 3.8) is 0 Å². The Bertz CT molecular complexity index is 340. The molecule has 2 rings (SSSR count). The highest BCUT2D eigenvalue weighted by Crippen LogP contribution is 2.25. The molecule has 0 aromatic carbocycles. The number of carboxylic acid groups (broad SMARTS) is 1. The van der Waals surface area contributed by atoms with Crippen molar-refractivity contribution in [1.82, 2.24) is 10.2 Å².